The van der Waals surface area contributed by atoms with Gasteiger partial charge in [-0.25, -0.2) is 9.59 Å². The summed E-state index contributed by atoms with van der Waals surface area (Å²) in [6.45, 7) is 1.21. The molecule has 2 fully saturated rings. The van der Waals surface area contributed by atoms with Crippen LogP contribution in [0.3, 0.4) is 0 Å². The van der Waals surface area contributed by atoms with Crippen LogP contribution in [0.1, 0.15) is 39.0 Å². The summed E-state index contributed by atoms with van der Waals surface area (Å²) in [7, 11) is 0. The Hall–Kier alpha value is -2.64. The zero-order valence-electron chi connectivity index (χ0n) is 13.5. The van der Waals surface area contributed by atoms with Crippen molar-refractivity contribution in [2.24, 2.45) is 0 Å². The van der Waals surface area contributed by atoms with Gasteiger partial charge in [-0.2, -0.15) is 5.01 Å². The normalized spacial score (nSPS) is 20.0. The molecule has 0 atom stereocenters. The van der Waals surface area contributed by atoms with Gasteiger partial charge < -0.3 is 10.1 Å². The average molecular weight is 335 g/mol. The molecule has 1 aliphatic carbocycles. The molecular weight excluding hydrogens is 314 g/mol. The molecule has 0 radical (unpaired) electrons. The van der Waals surface area contributed by atoms with Crippen LogP contribution in [0, 0.1) is 0 Å². The average Bonchev–Trinajstić information content (AvgIpc) is 2.78. The van der Waals surface area contributed by atoms with Gasteiger partial charge in [0, 0.05) is 6.08 Å². The number of nitrogens with one attached hydrogen (secondary N) is 2. The van der Waals surface area contributed by atoms with E-state index in [2.05, 4.69) is 10.7 Å². The molecule has 2 aliphatic rings. The van der Waals surface area contributed by atoms with E-state index in [1.54, 1.807) is 19.1 Å². The Morgan fingerprint density at radius 2 is 1.96 bits per heavy atom. The number of esters is 1. The van der Waals surface area contributed by atoms with Crippen LogP contribution in [0.2, 0.25) is 0 Å². The third-order valence-electron chi connectivity index (χ3n) is 3.99. The second kappa shape index (κ2) is 7.76. The zero-order chi connectivity index (χ0) is 17.6. The first-order chi connectivity index (χ1) is 11.5. The Bertz CT molecular complexity index is 591. The molecule has 0 aromatic rings. The van der Waals surface area contributed by atoms with Gasteiger partial charge in [-0.15, -0.1) is 0 Å². The monoisotopic (exact) mass is 335 g/mol. The summed E-state index contributed by atoms with van der Waals surface area (Å²) in [5.41, 5.74) is 1.28. The highest BCUT2D eigenvalue weighted by atomic mass is 16.5. The van der Waals surface area contributed by atoms with Crippen molar-refractivity contribution < 1.29 is 23.9 Å². The summed E-state index contributed by atoms with van der Waals surface area (Å²) >= 11 is 0. The minimum atomic E-state index is -0.908. The number of hydrazine groups is 1. The van der Waals surface area contributed by atoms with E-state index in [0.29, 0.717) is 17.9 Å². The predicted molar refractivity (Wildman–Crippen MR) is 84.2 cm³/mol. The van der Waals surface area contributed by atoms with E-state index in [4.69, 9.17) is 4.74 Å². The van der Waals surface area contributed by atoms with E-state index < -0.39 is 36.0 Å². The van der Waals surface area contributed by atoms with E-state index in [-0.39, 0.29) is 0 Å². The van der Waals surface area contributed by atoms with Crippen molar-refractivity contribution in [1.82, 2.24) is 15.8 Å². The molecule has 0 aromatic heterocycles. The van der Waals surface area contributed by atoms with E-state index in [0.717, 1.165) is 25.3 Å². The Balaban J connectivity index is 1.86. The fourth-order valence-corrected chi connectivity index (χ4v) is 2.80. The van der Waals surface area contributed by atoms with Crippen LogP contribution >= 0.6 is 0 Å². The van der Waals surface area contributed by atoms with Crippen molar-refractivity contribution in [2.75, 3.05) is 6.61 Å². The van der Waals surface area contributed by atoms with E-state index >= 15 is 0 Å². The summed E-state index contributed by atoms with van der Waals surface area (Å²) in [6.07, 6.45) is 9.86. The standard InChI is InChI=1S/C16H21N3O5/c1-2-3-5-8-13(21)24-11-12(20)18-19-14(22)16(17-15(19)23)9-6-4-7-10-16/h2-3,5,8H,4,6-7,9-11H2,1H3,(H,17,23)(H,18,20)/b3-2+,8-5+. The molecule has 1 saturated carbocycles. The Labute approximate surface area is 139 Å². The van der Waals surface area contributed by atoms with Crippen molar-refractivity contribution in [2.45, 2.75) is 44.6 Å². The Morgan fingerprint density at radius 3 is 2.62 bits per heavy atom. The molecule has 0 unspecified atom stereocenters. The van der Waals surface area contributed by atoms with Gasteiger partial charge in [0.2, 0.25) is 0 Å². The molecule has 2 rings (SSSR count). The summed E-state index contributed by atoms with van der Waals surface area (Å²) in [5, 5.41) is 3.35. The van der Waals surface area contributed by atoms with Crippen LogP contribution in [0.15, 0.2) is 24.3 Å². The SMILES string of the molecule is C/C=C/C=C/C(=O)OCC(=O)NN1C(=O)NC2(CCCCC2)C1=O. The van der Waals surface area contributed by atoms with Gasteiger partial charge in [-0.3, -0.25) is 15.0 Å². The topological polar surface area (TPSA) is 105 Å². The summed E-state index contributed by atoms with van der Waals surface area (Å²) < 4.78 is 4.73. The first kappa shape index (κ1) is 17.7. The van der Waals surface area contributed by atoms with Crippen LogP contribution in [0.4, 0.5) is 4.79 Å². The highest BCUT2D eigenvalue weighted by Crippen LogP contribution is 2.32. The maximum Gasteiger partial charge on any atom is 0.344 e. The summed E-state index contributed by atoms with van der Waals surface area (Å²) in [6, 6.07) is -0.658. The molecule has 8 heteroatoms. The maximum absolute atomic E-state index is 12.4. The quantitative estimate of drug-likeness (QED) is 0.337. The molecule has 4 amide bonds. The summed E-state index contributed by atoms with van der Waals surface area (Å²) in [5.74, 6) is -1.90. The number of rotatable bonds is 5. The number of allylic oxidation sites excluding steroid dienone is 3. The highest BCUT2D eigenvalue weighted by molar-refractivity contribution is 6.08. The lowest BCUT2D eigenvalue weighted by atomic mass is 9.82. The second-order valence-corrected chi connectivity index (χ2v) is 5.74. The number of urea groups is 1. The van der Waals surface area contributed by atoms with Crippen molar-refractivity contribution in [3.05, 3.63) is 24.3 Å². The predicted octanol–water partition coefficient (Wildman–Crippen LogP) is 0.948. The molecule has 8 nitrogen and oxygen atoms in total. The van der Waals surface area contributed by atoms with Crippen LogP contribution < -0.4 is 10.7 Å². The second-order valence-electron chi connectivity index (χ2n) is 5.74. The molecule has 1 saturated heterocycles. The van der Waals surface area contributed by atoms with Crippen molar-refractivity contribution in [3.8, 4) is 0 Å². The number of hydrogen-bond donors (Lipinski definition) is 2. The lowest BCUT2D eigenvalue weighted by Gasteiger charge is -2.30. The third-order valence-corrected chi connectivity index (χ3v) is 3.99. The number of hydrogen-bond acceptors (Lipinski definition) is 5. The fraction of sp³-hybridized carbons (Fsp3) is 0.500. The first-order valence-corrected chi connectivity index (χ1v) is 7.91. The minimum absolute atomic E-state index is 0.458. The number of amides is 4. The number of carbonyl (C=O) groups is 4. The number of carbonyl (C=O) groups excluding carboxylic acids is 4. The van der Waals surface area contributed by atoms with Gasteiger partial charge in [-0.1, -0.05) is 37.5 Å². The van der Waals surface area contributed by atoms with E-state index in [1.165, 1.54) is 6.08 Å². The number of imide groups is 1. The molecular formula is C16H21N3O5. The minimum Gasteiger partial charge on any atom is -0.452 e. The van der Waals surface area contributed by atoms with Gasteiger partial charge in [0.05, 0.1) is 0 Å². The molecule has 0 bridgehead atoms. The van der Waals surface area contributed by atoms with E-state index in [1.807, 2.05) is 0 Å². The summed E-state index contributed by atoms with van der Waals surface area (Å²) in [4.78, 5) is 47.5. The van der Waals surface area contributed by atoms with Crippen LogP contribution in [-0.2, 0) is 19.1 Å². The number of nitrogens with zero attached hydrogens (tertiary/aromatic N) is 1. The van der Waals surface area contributed by atoms with Crippen LogP contribution in [0.25, 0.3) is 0 Å². The van der Waals surface area contributed by atoms with Gasteiger partial charge in [-0.05, 0) is 19.8 Å². The first-order valence-electron chi connectivity index (χ1n) is 7.91. The Kier molecular flexibility index (Phi) is 5.73. The number of ether oxygens (including phenoxy) is 1. The molecule has 130 valence electrons. The maximum atomic E-state index is 12.4. The van der Waals surface area contributed by atoms with Crippen LogP contribution in [0.5, 0.6) is 0 Å². The zero-order valence-corrected chi connectivity index (χ0v) is 13.5. The molecule has 1 aliphatic heterocycles. The van der Waals surface area contributed by atoms with Gasteiger partial charge in [0.1, 0.15) is 5.54 Å². The third kappa shape index (κ3) is 4.01. The molecule has 1 spiro atoms. The van der Waals surface area contributed by atoms with Gasteiger partial charge >= 0.3 is 12.0 Å². The van der Waals surface area contributed by atoms with E-state index in [9.17, 15) is 19.2 Å². The molecule has 2 N–H and O–H groups in total. The molecule has 24 heavy (non-hydrogen) atoms. The molecule has 1 heterocycles. The molecule has 0 aromatic carbocycles. The highest BCUT2D eigenvalue weighted by Gasteiger charge is 2.52. The van der Waals surface area contributed by atoms with Crippen molar-refractivity contribution in [3.63, 3.8) is 0 Å². The Morgan fingerprint density at radius 1 is 1.25 bits per heavy atom. The fourth-order valence-electron chi connectivity index (χ4n) is 2.80. The van der Waals surface area contributed by atoms with Crippen molar-refractivity contribution in [1.29, 1.82) is 0 Å². The smallest absolute Gasteiger partial charge is 0.344 e. The van der Waals surface area contributed by atoms with Crippen LogP contribution in [-0.4, -0.2) is 41.0 Å². The lowest BCUT2D eigenvalue weighted by Crippen LogP contribution is -2.51. The lowest BCUT2D eigenvalue weighted by molar-refractivity contribution is -0.147. The van der Waals surface area contributed by atoms with Gasteiger partial charge in [0.25, 0.3) is 11.8 Å². The largest absolute Gasteiger partial charge is 0.452 e. The van der Waals surface area contributed by atoms with Crippen molar-refractivity contribution >= 4 is 23.8 Å². The van der Waals surface area contributed by atoms with Gasteiger partial charge in [0.15, 0.2) is 6.61 Å².